The fourth-order valence-electron chi connectivity index (χ4n) is 1.61. The summed E-state index contributed by atoms with van der Waals surface area (Å²) >= 11 is 0. The third-order valence-corrected chi connectivity index (χ3v) is 2.59. The fourth-order valence-corrected chi connectivity index (χ4v) is 1.61. The summed E-state index contributed by atoms with van der Waals surface area (Å²) in [4.78, 5) is 13.2. The normalized spacial score (nSPS) is 21.9. The van der Waals surface area contributed by atoms with Crippen LogP contribution in [0, 0.1) is 0 Å². The van der Waals surface area contributed by atoms with Crippen LogP contribution >= 0.6 is 0 Å². The number of carbonyl (C=O) groups excluding carboxylic acids is 1. The molecule has 0 spiro atoms. The number of hydrazine groups is 1. The zero-order valence-corrected chi connectivity index (χ0v) is 8.88. The first kappa shape index (κ1) is 11.4. The van der Waals surface area contributed by atoms with Crippen molar-refractivity contribution >= 4 is 5.91 Å². The van der Waals surface area contributed by atoms with Gasteiger partial charge in [-0.1, -0.05) is 0 Å². The number of ether oxygens (including phenoxy) is 1. The van der Waals surface area contributed by atoms with Gasteiger partial charge < -0.3 is 4.74 Å². The molecule has 0 bridgehead atoms. The third-order valence-electron chi connectivity index (χ3n) is 2.59. The molecule has 1 aliphatic rings. The molecule has 5 heteroatoms. The molecular formula is C9H19N3O2. The minimum absolute atomic E-state index is 0.0210. The van der Waals surface area contributed by atoms with Crippen LogP contribution in [0.5, 0.6) is 0 Å². The molecule has 5 nitrogen and oxygen atoms in total. The lowest BCUT2D eigenvalue weighted by molar-refractivity contribution is -0.122. The minimum atomic E-state index is -0.118. The maximum absolute atomic E-state index is 11.0. The van der Waals surface area contributed by atoms with Crippen LogP contribution in [0.15, 0.2) is 0 Å². The van der Waals surface area contributed by atoms with E-state index in [9.17, 15) is 4.79 Å². The van der Waals surface area contributed by atoms with Gasteiger partial charge in [0.1, 0.15) is 0 Å². The predicted octanol–water partition coefficient (Wildman–Crippen LogP) is -0.523. The Morgan fingerprint density at radius 3 is 2.93 bits per heavy atom. The van der Waals surface area contributed by atoms with E-state index in [0.717, 1.165) is 26.3 Å². The third kappa shape index (κ3) is 2.94. The number of nitrogens with two attached hydrogens (primary N) is 1. The molecule has 1 saturated heterocycles. The van der Waals surface area contributed by atoms with Crippen molar-refractivity contribution in [1.29, 1.82) is 0 Å². The molecule has 1 amide bonds. The molecule has 14 heavy (non-hydrogen) atoms. The molecule has 1 fully saturated rings. The van der Waals surface area contributed by atoms with Crippen molar-refractivity contribution in [3.8, 4) is 0 Å². The topological polar surface area (TPSA) is 67.6 Å². The number of nitrogens with zero attached hydrogens (tertiary/aromatic N) is 1. The summed E-state index contributed by atoms with van der Waals surface area (Å²) in [6.45, 7) is 7.31. The van der Waals surface area contributed by atoms with E-state index in [-0.39, 0.29) is 11.4 Å². The van der Waals surface area contributed by atoms with Crippen LogP contribution in [0.1, 0.15) is 20.3 Å². The van der Waals surface area contributed by atoms with Crippen LogP contribution < -0.4 is 11.3 Å². The number of hydrogen-bond donors (Lipinski definition) is 2. The quantitative estimate of drug-likeness (QED) is 0.366. The fraction of sp³-hybridized carbons (Fsp3) is 0.889. The second-order valence-electron chi connectivity index (χ2n) is 4.17. The maximum atomic E-state index is 11.0. The van der Waals surface area contributed by atoms with Gasteiger partial charge in [0.2, 0.25) is 5.91 Å². The first-order chi connectivity index (χ1) is 6.56. The number of carbonyl (C=O) groups is 1. The Morgan fingerprint density at radius 1 is 1.64 bits per heavy atom. The molecule has 0 aromatic heterocycles. The molecule has 0 atom stereocenters. The van der Waals surface area contributed by atoms with E-state index in [2.05, 4.69) is 24.2 Å². The van der Waals surface area contributed by atoms with Gasteiger partial charge in [0, 0.05) is 25.0 Å². The lowest BCUT2D eigenvalue weighted by Gasteiger charge is -2.42. The van der Waals surface area contributed by atoms with Gasteiger partial charge in [-0.15, -0.1) is 0 Å². The SMILES string of the molecule is CC1(C)COCCN1CCC(=O)NN. The lowest BCUT2D eigenvalue weighted by Crippen LogP contribution is -2.53. The molecule has 0 saturated carbocycles. The Balaban J connectivity index is 2.38. The van der Waals surface area contributed by atoms with E-state index in [4.69, 9.17) is 10.6 Å². The summed E-state index contributed by atoms with van der Waals surface area (Å²) < 4.78 is 5.38. The second-order valence-corrected chi connectivity index (χ2v) is 4.17. The number of rotatable bonds is 3. The van der Waals surface area contributed by atoms with E-state index in [1.165, 1.54) is 0 Å². The van der Waals surface area contributed by atoms with E-state index >= 15 is 0 Å². The highest BCUT2D eigenvalue weighted by atomic mass is 16.5. The largest absolute Gasteiger partial charge is 0.378 e. The van der Waals surface area contributed by atoms with Crippen molar-refractivity contribution in [2.45, 2.75) is 25.8 Å². The van der Waals surface area contributed by atoms with Crippen molar-refractivity contribution in [3.63, 3.8) is 0 Å². The van der Waals surface area contributed by atoms with E-state index < -0.39 is 0 Å². The van der Waals surface area contributed by atoms with Crippen molar-refractivity contribution in [3.05, 3.63) is 0 Å². The summed E-state index contributed by atoms with van der Waals surface area (Å²) in [5.74, 6) is 4.89. The van der Waals surface area contributed by atoms with Crippen molar-refractivity contribution in [2.24, 2.45) is 5.84 Å². The summed E-state index contributed by atoms with van der Waals surface area (Å²) in [5, 5.41) is 0. The van der Waals surface area contributed by atoms with Crippen LogP contribution in [-0.4, -0.2) is 42.6 Å². The smallest absolute Gasteiger partial charge is 0.235 e. The molecule has 3 N–H and O–H groups in total. The number of hydrogen-bond acceptors (Lipinski definition) is 4. The molecule has 0 aromatic carbocycles. The molecule has 0 radical (unpaired) electrons. The van der Waals surface area contributed by atoms with Crippen molar-refractivity contribution in [1.82, 2.24) is 10.3 Å². The molecule has 1 rings (SSSR count). The highest BCUT2D eigenvalue weighted by molar-refractivity contribution is 5.75. The van der Waals surface area contributed by atoms with E-state index in [0.29, 0.717) is 6.42 Å². The lowest BCUT2D eigenvalue weighted by atomic mass is 10.0. The Morgan fingerprint density at radius 2 is 2.36 bits per heavy atom. The van der Waals surface area contributed by atoms with Gasteiger partial charge >= 0.3 is 0 Å². The molecule has 0 aromatic rings. The summed E-state index contributed by atoms with van der Waals surface area (Å²) in [6, 6.07) is 0. The summed E-state index contributed by atoms with van der Waals surface area (Å²) in [5.41, 5.74) is 2.16. The number of amides is 1. The zero-order chi connectivity index (χ0) is 10.6. The van der Waals surface area contributed by atoms with Gasteiger partial charge in [-0.25, -0.2) is 5.84 Å². The van der Waals surface area contributed by atoms with Crippen LogP contribution in [0.25, 0.3) is 0 Å². The van der Waals surface area contributed by atoms with Crippen LogP contribution in [-0.2, 0) is 9.53 Å². The van der Waals surface area contributed by atoms with Gasteiger partial charge in [0.05, 0.1) is 13.2 Å². The zero-order valence-electron chi connectivity index (χ0n) is 8.88. The monoisotopic (exact) mass is 201 g/mol. The average Bonchev–Trinajstić information content (AvgIpc) is 2.15. The van der Waals surface area contributed by atoms with E-state index in [1.54, 1.807) is 0 Å². The minimum Gasteiger partial charge on any atom is -0.378 e. The first-order valence-electron chi connectivity index (χ1n) is 4.88. The Kier molecular flexibility index (Phi) is 3.86. The Bertz CT molecular complexity index is 206. The van der Waals surface area contributed by atoms with Gasteiger partial charge in [-0.05, 0) is 13.8 Å². The molecule has 1 aliphatic heterocycles. The van der Waals surface area contributed by atoms with Crippen molar-refractivity contribution in [2.75, 3.05) is 26.3 Å². The average molecular weight is 201 g/mol. The summed E-state index contributed by atoms with van der Waals surface area (Å²) in [7, 11) is 0. The van der Waals surface area contributed by atoms with Crippen LogP contribution in [0.3, 0.4) is 0 Å². The maximum Gasteiger partial charge on any atom is 0.235 e. The van der Waals surface area contributed by atoms with Gasteiger partial charge in [-0.2, -0.15) is 0 Å². The molecule has 0 aliphatic carbocycles. The predicted molar refractivity (Wildman–Crippen MR) is 53.4 cm³/mol. The Labute approximate surface area is 84.5 Å². The molecule has 1 heterocycles. The summed E-state index contributed by atoms with van der Waals surface area (Å²) in [6.07, 6.45) is 0.444. The standard InChI is InChI=1S/C9H19N3O2/c1-9(2)7-14-6-5-12(9)4-3-8(13)11-10/h3-7,10H2,1-2H3,(H,11,13). The molecular weight excluding hydrogens is 182 g/mol. The van der Waals surface area contributed by atoms with Crippen LogP contribution in [0.4, 0.5) is 0 Å². The molecule has 0 unspecified atom stereocenters. The van der Waals surface area contributed by atoms with Crippen LogP contribution in [0.2, 0.25) is 0 Å². The Hall–Kier alpha value is -0.650. The molecule has 82 valence electrons. The number of morpholine rings is 1. The first-order valence-corrected chi connectivity index (χ1v) is 4.88. The van der Waals surface area contributed by atoms with Gasteiger partial charge in [0.25, 0.3) is 0 Å². The second kappa shape index (κ2) is 4.72. The highest BCUT2D eigenvalue weighted by Gasteiger charge is 2.30. The van der Waals surface area contributed by atoms with Crippen molar-refractivity contribution < 1.29 is 9.53 Å². The van der Waals surface area contributed by atoms with E-state index in [1.807, 2.05) is 0 Å². The van der Waals surface area contributed by atoms with Gasteiger partial charge in [-0.3, -0.25) is 15.1 Å². The van der Waals surface area contributed by atoms with Gasteiger partial charge in [0.15, 0.2) is 0 Å². The highest BCUT2D eigenvalue weighted by Crippen LogP contribution is 2.18. The number of nitrogens with one attached hydrogen (secondary N) is 1.